The third-order valence-electron chi connectivity index (χ3n) is 6.25. The van der Waals surface area contributed by atoms with Gasteiger partial charge in [-0.3, -0.25) is 14.9 Å². The Morgan fingerprint density at radius 2 is 2.14 bits per heavy atom. The first-order chi connectivity index (χ1) is 9.75. The molecule has 2 aliphatic carbocycles. The van der Waals surface area contributed by atoms with E-state index in [1.165, 1.54) is 0 Å². The lowest BCUT2D eigenvalue weighted by molar-refractivity contribution is -0.540. The maximum atomic E-state index is 12.5. The van der Waals surface area contributed by atoms with Crippen LogP contribution in [0.1, 0.15) is 39.5 Å². The fraction of sp³-hybridized carbons (Fsp3) is 0.800. The highest BCUT2D eigenvalue weighted by Gasteiger charge is 2.75. The Labute approximate surface area is 123 Å². The molecule has 2 saturated carbocycles. The van der Waals surface area contributed by atoms with E-state index in [9.17, 15) is 20.0 Å². The van der Waals surface area contributed by atoms with Crippen LogP contribution in [0.4, 0.5) is 0 Å². The Kier molecular flexibility index (Phi) is 2.96. The summed E-state index contributed by atoms with van der Waals surface area (Å²) >= 11 is 0. The van der Waals surface area contributed by atoms with Crippen LogP contribution >= 0.6 is 0 Å². The second kappa shape index (κ2) is 4.29. The molecule has 0 radical (unpaired) electrons. The molecule has 116 valence electrons. The van der Waals surface area contributed by atoms with Gasteiger partial charge in [0.2, 0.25) is 6.04 Å². The van der Waals surface area contributed by atoms with E-state index in [4.69, 9.17) is 4.74 Å². The molecule has 0 amide bonds. The molecule has 3 aliphatic rings. The zero-order valence-corrected chi connectivity index (χ0v) is 12.4. The van der Waals surface area contributed by atoms with Gasteiger partial charge in [-0.1, -0.05) is 19.1 Å². The number of nitrogens with zero attached hydrogens (tertiary/aromatic N) is 1. The monoisotopic (exact) mass is 295 g/mol. The molecular formula is C15H21NO5. The lowest BCUT2D eigenvalue weighted by atomic mass is 9.62. The highest BCUT2D eigenvalue weighted by molar-refractivity contribution is 5.82. The van der Waals surface area contributed by atoms with Crippen LogP contribution in [-0.4, -0.2) is 34.2 Å². The molecule has 3 rings (SSSR count). The molecule has 1 N–H and O–H groups in total. The normalized spacial score (nSPS) is 48.4. The molecule has 1 saturated heterocycles. The van der Waals surface area contributed by atoms with Crippen LogP contribution in [0.25, 0.3) is 0 Å². The zero-order valence-electron chi connectivity index (χ0n) is 12.4. The molecule has 0 unspecified atom stereocenters. The van der Waals surface area contributed by atoms with Crippen molar-refractivity contribution in [3.05, 3.63) is 22.3 Å². The first kappa shape index (κ1) is 14.5. The van der Waals surface area contributed by atoms with E-state index >= 15 is 0 Å². The molecular weight excluding hydrogens is 274 g/mol. The lowest BCUT2D eigenvalue weighted by Crippen LogP contribution is -2.52. The Morgan fingerprint density at radius 3 is 2.71 bits per heavy atom. The summed E-state index contributed by atoms with van der Waals surface area (Å²) in [6.45, 7) is 7.56. The third kappa shape index (κ3) is 1.54. The predicted molar refractivity (Wildman–Crippen MR) is 74.0 cm³/mol. The number of hydrogen-bond donors (Lipinski definition) is 1. The maximum Gasteiger partial charge on any atom is 0.316 e. The predicted octanol–water partition coefficient (Wildman–Crippen LogP) is 1.69. The number of fused-ring (bicyclic) bond motifs is 1. The summed E-state index contributed by atoms with van der Waals surface area (Å²) in [4.78, 5) is 23.7. The number of aliphatic hydroxyl groups excluding tert-OH is 1. The molecule has 1 heterocycles. The first-order valence-corrected chi connectivity index (χ1v) is 7.44. The molecule has 6 atom stereocenters. The van der Waals surface area contributed by atoms with Crippen LogP contribution in [0.5, 0.6) is 0 Å². The van der Waals surface area contributed by atoms with Crippen molar-refractivity contribution in [2.24, 2.45) is 16.7 Å². The third-order valence-corrected chi connectivity index (χ3v) is 6.25. The summed E-state index contributed by atoms with van der Waals surface area (Å²) < 4.78 is 5.48. The minimum Gasteiger partial charge on any atom is -0.458 e. The van der Waals surface area contributed by atoms with Crippen molar-refractivity contribution in [3.8, 4) is 0 Å². The highest BCUT2D eigenvalue weighted by atomic mass is 16.6. The molecule has 21 heavy (non-hydrogen) atoms. The summed E-state index contributed by atoms with van der Waals surface area (Å²) in [6.07, 6.45) is 0.256. The van der Waals surface area contributed by atoms with Crippen molar-refractivity contribution < 1.29 is 19.6 Å². The van der Waals surface area contributed by atoms with Gasteiger partial charge in [0, 0.05) is 17.3 Å². The van der Waals surface area contributed by atoms with Gasteiger partial charge in [0.25, 0.3) is 0 Å². The average molecular weight is 295 g/mol. The lowest BCUT2D eigenvalue weighted by Gasteiger charge is -2.38. The van der Waals surface area contributed by atoms with Gasteiger partial charge in [-0.05, 0) is 26.2 Å². The number of rotatable bonds is 2. The highest BCUT2D eigenvalue weighted by Crippen LogP contribution is 2.65. The molecule has 3 fully saturated rings. The summed E-state index contributed by atoms with van der Waals surface area (Å²) in [5, 5.41) is 22.2. The summed E-state index contributed by atoms with van der Waals surface area (Å²) in [5.74, 6) is -0.587. The average Bonchev–Trinajstić information content (AvgIpc) is 2.78. The van der Waals surface area contributed by atoms with Crippen molar-refractivity contribution in [2.45, 2.75) is 57.8 Å². The van der Waals surface area contributed by atoms with Crippen molar-refractivity contribution in [3.63, 3.8) is 0 Å². The minimum absolute atomic E-state index is 0.127. The van der Waals surface area contributed by atoms with Crippen LogP contribution in [-0.2, 0) is 9.53 Å². The molecule has 0 aromatic rings. The van der Waals surface area contributed by atoms with E-state index in [2.05, 4.69) is 6.58 Å². The van der Waals surface area contributed by atoms with E-state index in [1.54, 1.807) is 6.92 Å². The second-order valence-electron chi connectivity index (χ2n) is 7.03. The van der Waals surface area contributed by atoms with Crippen molar-refractivity contribution >= 4 is 5.97 Å². The summed E-state index contributed by atoms with van der Waals surface area (Å²) in [5.41, 5.74) is -1.13. The smallest absolute Gasteiger partial charge is 0.316 e. The topological polar surface area (TPSA) is 89.7 Å². The van der Waals surface area contributed by atoms with Gasteiger partial charge in [-0.2, -0.15) is 0 Å². The van der Waals surface area contributed by atoms with Gasteiger partial charge < -0.3 is 9.84 Å². The Bertz CT molecular complexity index is 532. The molecule has 0 aromatic carbocycles. The van der Waals surface area contributed by atoms with E-state index in [-0.39, 0.29) is 10.8 Å². The fourth-order valence-corrected chi connectivity index (χ4v) is 4.96. The number of aliphatic hydroxyl groups is 1. The summed E-state index contributed by atoms with van der Waals surface area (Å²) in [7, 11) is 0. The van der Waals surface area contributed by atoms with Gasteiger partial charge in [0.1, 0.15) is 17.6 Å². The quantitative estimate of drug-likeness (QED) is 0.362. The van der Waals surface area contributed by atoms with E-state index in [0.29, 0.717) is 25.7 Å². The first-order valence-electron chi connectivity index (χ1n) is 7.44. The van der Waals surface area contributed by atoms with Gasteiger partial charge in [-0.15, -0.1) is 0 Å². The molecule has 2 bridgehead atoms. The SMILES string of the molecule is C=C(C)[C@H]1CC[C@]2(C)[C@@H]([N+](=O)[O-])CC[C@@]23C(=O)O[C@@H]1[C@@H]3O. The number of carbonyl (C=O) groups is 1. The van der Waals surface area contributed by atoms with E-state index in [1.807, 2.05) is 6.92 Å². The Balaban J connectivity index is 2.13. The number of ether oxygens (including phenoxy) is 1. The second-order valence-corrected chi connectivity index (χ2v) is 7.03. The van der Waals surface area contributed by atoms with Crippen molar-refractivity contribution in [1.29, 1.82) is 0 Å². The molecule has 1 aliphatic heterocycles. The van der Waals surface area contributed by atoms with E-state index < -0.39 is 35.0 Å². The molecule has 6 heteroatoms. The number of esters is 1. The Morgan fingerprint density at radius 1 is 1.48 bits per heavy atom. The maximum absolute atomic E-state index is 12.5. The van der Waals surface area contributed by atoms with Crippen LogP contribution in [0.15, 0.2) is 12.2 Å². The van der Waals surface area contributed by atoms with E-state index in [0.717, 1.165) is 5.57 Å². The van der Waals surface area contributed by atoms with Crippen LogP contribution in [0.3, 0.4) is 0 Å². The van der Waals surface area contributed by atoms with Gasteiger partial charge >= 0.3 is 5.97 Å². The van der Waals surface area contributed by atoms with Crippen LogP contribution < -0.4 is 0 Å². The number of carbonyl (C=O) groups excluding carboxylic acids is 1. The fourth-order valence-electron chi connectivity index (χ4n) is 4.96. The molecule has 6 nitrogen and oxygen atoms in total. The largest absolute Gasteiger partial charge is 0.458 e. The zero-order chi connectivity index (χ0) is 15.6. The molecule has 0 aromatic heterocycles. The van der Waals surface area contributed by atoms with Gasteiger partial charge in [-0.25, -0.2) is 0 Å². The van der Waals surface area contributed by atoms with Crippen molar-refractivity contribution in [1.82, 2.24) is 0 Å². The van der Waals surface area contributed by atoms with Gasteiger partial charge in [0.05, 0.1) is 5.41 Å². The minimum atomic E-state index is -1.13. The number of nitro groups is 1. The Hall–Kier alpha value is -1.43. The summed E-state index contributed by atoms with van der Waals surface area (Å²) in [6, 6.07) is -0.803. The van der Waals surface area contributed by atoms with Crippen LogP contribution in [0, 0.1) is 26.9 Å². The van der Waals surface area contributed by atoms with Gasteiger partial charge in [0.15, 0.2) is 0 Å². The number of hydrogen-bond acceptors (Lipinski definition) is 5. The molecule has 1 spiro atoms. The van der Waals surface area contributed by atoms with Crippen LogP contribution in [0.2, 0.25) is 0 Å². The standard InChI is InChI=1S/C15H21NO5/c1-8(2)9-4-6-14(3)10(16(19)20)5-7-15(14)12(17)11(9)21-13(15)18/h9-12,17H,1,4-7H2,2-3H3/t9-,10+,11+,12+,14-,15-/m1/s1. The van der Waals surface area contributed by atoms with Crippen molar-refractivity contribution in [2.75, 3.05) is 0 Å².